The van der Waals surface area contributed by atoms with Crippen molar-refractivity contribution < 1.29 is 19.1 Å². The van der Waals surface area contributed by atoms with Gasteiger partial charge in [0.2, 0.25) is 6.79 Å². The number of benzene rings is 1. The second-order valence-corrected chi connectivity index (χ2v) is 9.60. The highest BCUT2D eigenvalue weighted by Crippen LogP contribution is 2.36. The van der Waals surface area contributed by atoms with E-state index in [0.29, 0.717) is 31.9 Å². The van der Waals surface area contributed by atoms with E-state index in [9.17, 15) is 9.59 Å². The lowest BCUT2D eigenvalue weighted by molar-refractivity contribution is -0.122. The van der Waals surface area contributed by atoms with Crippen LogP contribution in [0.5, 0.6) is 11.5 Å². The smallest absolute Gasteiger partial charge is 0.266 e. The van der Waals surface area contributed by atoms with Gasteiger partial charge in [-0.2, -0.15) is 5.10 Å². The number of carbonyl (C=O) groups is 2. The topological polar surface area (TPSA) is 98.6 Å². The van der Waals surface area contributed by atoms with Gasteiger partial charge in [0.25, 0.3) is 11.8 Å². The summed E-state index contributed by atoms with van der Waals surface area (Å²) in [4.78, 5) is 32.4. The Balaban J connectivity index is 1.26. The van der Waals surface area contributed by atoms with Gasteiger partial charge in [0.05, 0.1) is 21.5 Å². The minimum atomic E-state index is -0.243. The van der Waals surface area contributed by atoms with Crippen LogP contribution < -0.4 is 14.8 Å². The molecule has 0 saturated carbocycles. The van der Waals surface area contributed by atoms with Crippen LogP contribution in [0.4, 0.5) is 0 Å². The lowest BCUT2D eigenvalue weighted by Crippen LogP contribution is -2.37. The minimum absolute atomic E-state index is 0.188. The monoisotopic (exact) mass is 495 g/mol. The lowest BCUT2D eigenvalue weighted by atomic mass is 10.1. The quantitative estimate of drug-likeness (QED) is 0.426. The molecule has 1 fully saturated rings. The van der Waals surface area contributed by atoms with Gasteiger partial charge in [0.1, 0.15) is 4.32 Å². The number of nitrogens with one attached hydrogen (secondary N) is 1. The van der Waals surface area contributed by atoms with Crippen molar-refractivity contribution in [2.45, 2.75) is 13.8 Å². The molecule has 11 heteroatoms. The molecule has 4 heterocycles. The molecule has 0 bridgehead atoms. The van der Waals surface area contributed by atoms with E-state index >= 15 is 0 Å². The van der Waals surface area contributed by atoms with Gasteiger partial charge in [0.15, 0.2) is 17.1 Å². The van der Waals surface area contributed by atoms with Crippen LogP contribution in [-0.4, -0.2) is 55.7 Å². The molecular weight excluding hydrogens is 474 g/mol. The molecule has 174 valence electrons. The third-order valence-corrected chi connectivity index (χ3v) is 6.91. The molecule has 2 aromatic heterocycles. The highest BCUT2D eigenvalue weighted by atomic mass is 32.2. The number of fused-ring (bicyclic) bond motifs is 2. The molecule has 1 N–H and O–H groups in total. The van der Waals surface area contributed by atoms with Crippen molar-refractivity contribution in [3.05, 3.63) is 51.7 Å². The zero-order valence-electron chi connectivity index (χ0n) is 18.7. The number of hydrogen-bond donors (Lipinski definition) is 1. The van der Waals surface area contributed by atoms with E-state index in [-0.39, 0.29) is 31.7 Å². The van der Waals surface area contributed by atoms with Crippen molar-refractivity contribution in [2.75, 3.05) is 19.9 Å². The van der Waals surface area contributed by atoms with Crippen molar-refractivity contribution in [1.82, 2.24) is 25.0 Å². The van der Waals surface area contributed by atoms with Crippen molar-refractivity contribution in [3.63, 3.8) is 0 Å². The number of aromatic nitrogens is 3. The molecular formula is C23H21N5O4S2. The molecule has 2 aliphatic heterocycles. The summed E-state index contributed by atoms with van der Waals surface area (Å²) < 4.78 is 12.8. The Morgan fingerprint density at radius 2 is 2.06 bits per heavy atom. The first kappa shape index (κ1) is 22.4. The largest absolute Gasteiger partial charge is 0.454 e. The Morgan fingerprint density at radius 3 is 2.88 bits per heavy atom. The fourth-order valence-corrected chi connectivity index (χ4v) is 5.28. The number of thioether (sulfide) groups is 1. The molecule has 1 aromatic carbocycles. The van der Waals surface area contributed by atoms with E-state index in [1.165, 1.54) is 16.7 Å². The number of thiocarbonyl (C=S) groups is 1. The number of pyridine rings is 1. The van der Waals surface area contributed by atoms with Crippen LogP contribution >= 0.6 is 24.0 Å². The molecule has 0 spiro atoms. The first-order valence-corrected chi connectivity index (χ1v) is 11.8. The fourth-order valence-electron chi connectivity index (χ4n) is 3.97. The molecule has 3 aromatic rings. The summed E-state index contributed by atoms with van der Waals surface area (Å²) in [7, 11) is 1.80. The second-order valence-electron chi connectivity index (χ2n) is 7.92. The molecule has 5 rings (SSSR count). The van der Waals surface area contributed by atoms with E-state index in [1.807, 2.05) is 32.0 Å². The van der Waals surface area contributed by atoms with Crippen molar-refractivity contribution in [1.29, 1.82) is 0 Å². The Bertz CT molecular complexity index is 1400. The molecule has 9 nitrogen and oxygen atoms in total. The Morgan fingerprint density at radius 1 is 1.26 bits per heavy atom. The lowest BCUT2D eigenvalue weighted by Gasteiger charge is -2.15. The number of rotatable bonds is 5. The van der Waals surface area contributed by atoms with Gasteiger partial charge < -0.3 is 14.8 Å². The van der Waals surface area contributed by atoms with E-state index in [4.69, 9.17) is 21.7 Å². The van der Waals surface area contributed by atoms with Crippen LogP contribution in [0.15, 0.2) is 29.2 Å². The predicted octanol–water partition coefficient (Wildman–Crippen LogP) is 2.95. The van der Waals surface area contributed by atoms with Gasteiger partial charge in [-0.15, -0.1) is 0 Å². The van der Waals surface area contributed by atoms with Crippen molar-refractivity contribution in [2.24, 2.45) is 7.05 Å². The molecule has 0 aliphatic carbocycles. The number of ether oxygens (including phenoxy) is 2. The first-order valence-electron chi connectivity index (χ1n) is 10.6. The number of carbonyl (C=O) groups excluding carboxylic acids is 2. The average molecular weight is 496 g/mol. The van der Waals surface area contributed by atoms with E-state index in [1.54, 1.807) is 23.9 Å². The minimum Gasteiger partial charge on any atom is -0.454 e. The molecule has 2 amide bonds. The van der Waals surface area contributed by atoms with Gasteiger partial charge in [-0.05, 0) is 43.7 Å². The molecule has 0 unspecified atom stereocenters. The fraction of sp³-hybridized carbons (Fsp3) is 0.261. The molecule has 0 atom stereocenters. The maximum Gasteiger partial charge on any atom is 0.266 e. The van der Waals surface area contributed by atoms with E-state index < -0.39 is 0 Å². The molecule has 2 aliphatic rings. The van der Waals surface area contributed by atoms with Gasteiger partial charge in [-0.1, -0.05) is 30.0 Å². The summed E-state index contributed by atoms with van der Waals surface area (Å²) >= 11 is 6.65. The van der Waals surface area contributed by atoms with Crippen LogP contribution in [-0.2, 0) is 11.8 Å². The Kier molecular flexibility index (Phi) is 5.74. The van der Waals surface area contributed by atoms with E-state index in [2.05, 4.69) is 15.4 Å². The maximum absolute atomic E-state index is 13.0. The van der Waals surface area contributed by atoms with Crippen molar-refractivity contribution >= 4 is 57.2 Å². The van der Waals surface area contributed by atoms with Gasteiger partial charge in [-0.3, -0.25) is 19.2 Å². The van der Waals surface area contributed by atoms with Crippen LogP contribution in [0.2, 0.25) is 0 Å². The third-order valence-electron chi connectivity index (χ3n) is 5.53. The van der Waals surface area contributed by atoms with Crippen LogP contribution in [0.3, 0.4) is 0 Å². The summed E-state index contributed by atoms with van der Waals surface area (Å²) in [5.74, 6) is 0.903. The first-order chi connectivity index (χ1) is 16.3. The summed E-state index contributed by atoms with van der Waals surface area (Å²) in [5, 5.41) is 8.00. The number of nitrogens with zero attached hydrogens (tertiary/aromatic N) is 4. The van der Waals surface area contributed by atoms with Crippen LogP contribution in [0.1, 0.15) is 27.3 Å². The van der Waals surface area contributed by atoms with Crippen molar-refractivity contribution in [3.8, 4) is 11.5 Å². The molecule has 34 heavy (non-hydrogen) atoms. The highest BCUT2D eigenvalue weighted by Gasteiger charge is 2.32. The van der Waals surface area contributed by atoms with Crippen LogP contribution in [0.25, 0.3) is 17.1 Å². The standard InChI is InChI=1S/C23H21N5O4S2/c1-12-8-15(19-13(2)26-27(3)20(19)25-12)21(29)24-6-7-28-22(30)18(34-23(28)33)10-14-4-5-16-17(9-14)32-11-31-16/h4-5,8-10H,6-7,11H2,1-3H3,(H,24,29)/b18-10+. The van der Waals surface area contributed by atoms with Crippen LogP contribution in [0, 0.1) is 13.8 Å². The van der Waals surface area contributed by atoms with Gasteiger partial charge in [-0.25, -0.2) is 4.98 Å². The summed E-state index contributed by atoms with van der Waals surface area (Å²) in [5.41, 5.74) is 3.46. The summed E-state index contributed by atoms with van der Waals surface area (Å²) in [6, 6.07) is 7.25. The number of hydrogen-bond acceptors (Lipinski definition) is 8. The normalized spacial score (nSPS) is 16.2. The number of aryl methyl sites for hydroxylation is 3. The highest BCUT2D eigenvalue weighted by molar-refractivity contribution is 8.26. The zero-order valence-corrected chi connectivity index (χ0v) is 20.4. The molecule has 1 saturated heterocycles. The zero-order chi connectivity index (χ0) is 24.0. The molecule has 0 radical (unpaired) electrons. The van der Waals surface area contributed by atoms with Gasteiger partial charge in [0, 0.05) is 25.8 Å². The van der Waals surface area contributed by atoms with E-state index in [0.717, 1.165) is 22.3 Å². The SMILES string of the molecule is Cc1cc(C(=O)NCCN2C(=O)/C(=C\c3ccc4c(c3)OCO4)SC2=S)c2c(C)nn(C)c2n1. The number of amides is 2. The summed E-state index contributed by atoms with van der Waals surface area (Å²) in [6.45, 7) is 4.41. The summed E-state index contributed by atoms with van der Waals surface area (Å²) in [6.07, 6.45) is 1.78. The maximum atomic E-state index is 13.0. The van der Waals surface area contributed by atoms with Gasteiger partial charge >= 0.3 is 0 Å². The Labute approximate surface area is 205 Å². The predicted molar refractivity (Wildman–Crippen MR) is 133 cm³/mol. The Hall–Kier alpha value is -3.44. The second kappa shape index (κ2) is 8.73. The average Bonchev–Trinajstić information content (AvgIpc) is 3.45. The third kappa shape index (κ3) is 4.01.